The van der Waals surface area contributed by atoms with Crippen molar-refractivity contribution in [2.45, 2.75) is 4.21 Å². The van der Waals surface area contributed by atoms with Crippen molar-refractivity contribution in [2.24, 2.45) is 0 Å². The van der Waals surface area contributed by atoms with Crippen LogP contribution in [0.5, 0.6) is 0 Å². The second-order valence-electron chi connectivity index (χ2n) is 3.69. The van der Waals surface area contributed by atoms with Crippen LogP contribution in [0.3, 0.4) is 0 Å². The molecule has 0 amide bonds. The summed E-state index contributed by atoms with van der Waals surface area (Å²) in [5, 5.41) is 17.7. The highest BCUT2D eigenvalue weighted by molar-refractivity contribution is 7.94. The quantitative estimate of drug-likeness (QED) is 0.899. The van der Waals surface area contributed by atoms with Gasteiger partial charge in [0.15, 0.2) is 0 Å². The fraction of sp³-hybridized carbons (Fsp3) is 0. The molecule has 1 aromatic carbocycles. The molecular weight excluding hydrogens is 300 g/mol. The molecule has 8 heteroatoms. The first-order valence-corrected chi connectivity index (χ1v) is 7.59. The summed E-state index contributed by atoms with van der Waals surface area (Å²) in [5.41, 5.74) is 0.339. The van der Waals surface area contributed by atoms with Gasteiger partial charge >= 0.3 is 5.97 Å². The molecule has 0 bridgehead atoms. The highest BCUT2D eigenvalue weighted by Crippen LogP contribution is 2.25. The number of rotatable bonds is 4. The summed E-state index contributed by atoms with van der Waals surface area (Å²) in [5.74, 6) is -1.19. The predicted molar refractivity (Wildman–Crippen MR) is 73.2 cm³/mol. The first kappa shape index (κ1) is 14.0. The Kier molecular flexibility index (Phi) is 3.74. The summed E-state index contributed by atoms with van der Waals surface area (Å²) in [6.07, 6.45) is 0. The number of hydrogen-bond acceptors (Lipinski definition) is 5. The number of aromatic carboxylic acids is 1. The zero-order valence-electron chi connectivity index (χ0n) is 9.90. The number of nitriles is 1. The molecule has 0 fully saturated rings. The molecule has 0 saturated heterocycles. The SMILES string of the molecule is N#Cc1ccccc1NS(=O)(=O)c1ccc(C(=O)O)s1. The summed E-state index contributed by atoms with van der Waals surface area (Å²) >= 11 is 0.648. The highest BCUT2D eigenvalue weighted by atomic mass is 32.2. The third kappa shape index (κ3) is 2.79. The van der Waals surface area contributed by atoms with Crippen LogP contribution in [-0.2, 0) is 10.0 Å². The van der Waals surface area contributed by atoms with Crippen molar-refractivity contribution in [1.29, 1.82) is 5.26 Å². The lowest BCUT2D eigenvalue weighted by Crippen LogP contribution is -2.12. The van der Waals surface area contributed by atoms with Gasteiger partial charge in [-0.15, -0.1) is 11.3 Å². The van der Waals surface area contributed by atoms with Gasteiger partial charge in [0.25, 0.3) is 10.0 Å². The van der Waals surface area contributed by atoms with Crippen molar-refractivity contribution in [1.82, 2.24) is 0 Å². The van der Waals surface area contributed by atoms with Gasteiger partial charge in [-0.25, -0.2) is 13.2 Å². The third-order valence-corrected chi connectivity index (χ3v) is 5.28. The van der Waals surface area contributed by atoms with Gasteiger partial charge < -0.3 is 5.11 Å². The number of carboxylic acid groups (broad SMARTS) is 1. The van der Waals surface area contributed by atoms with Crippen LogP contribution < -0.4 is 4.72 Å². The Bertz CT molecular complexity index is 803. The molecule has 102 valence electrons. The topological polar surface area (TPSA) is 107 Å². The molecule has 0 unspecified atom stereocenters. The number of carbonyl (C=O) groups is 1. The molecular formula is C12H8N2O4S2. The molecule has 2 rings (SSSR count). The van der Waals surface area contributed by atoms with E-state index in [0.717, 1.165) is 0 Å². The van der Waals surface area contributed by atoms with E-state index < -0.39 is 16.0 Å². The predicted octanol–water partition coefficient (Wildman–Crippen LogP) is 2.12. The van der Waals surface area contributed by atoms with Crippen LogP contribution in [0, 0.1) is 11.3 Å². The number of thiophene rings is 1. The second-order valence-corrected chi connectivity index (χ2v) is 6.68. The molecule has 1 heterocycles. The van der Waals surface area contributed by atoms with Crippen LogP contribution in [0.4, 0.5) is 5.69 Å². The summed E-state index contributed by atoms with van der Waals surface area (Å²) in [4.78, 5) is 10.7. The van der Waals surface area contributed by atoms with E-state index in [1.165, 1.54) is 24.3 Å². The lowest BCUT2D eigenvalue weighted by atomic mass is 10.2. The van der Waals surface area contributed by atoms with Gasteiger partial charge in [0.05, 0.1) is 11.3 Å². The largest absolute Gasteiger partial charge is 0.477 e. The maximum Gasteiger partial charge on any atom is 0.345 e. The minimum absolute atomic E-state index is 0.0704. The molecule has 1 aromatic heterocycles. The first-order valence-electron chi connectivity index (χ1n) is 5.29. The van der Waals surface area contributed by atoms with E-state index in [0.29, 0.717) is 11.3 Å². The van der Waals surface area contributed by atoms with E-state index in [9.17, 15) is 13.2 Å². The Hall–Kier alpha value is -2.37. The van der Waals surface area contributed by atoms with Crippen LogP contribution in [-0.4, -0.2) is 19.5 Å². The van der Waals surface area contributed by atoms with Gasteiger partial charge in [0.2, 0.25) is 0 Å². The van der Waals surface area contributed by atoms with Crippen molar-refractivity contribution >= 4 is 33.0 Å². The van der Waals surface area contributed by atoms with Crippen molar-refractivity contribution < 1.29 is 18.3 Å². The van der Waals surface area contributed by atoms with Crippen molar-refractivity contribution in [3.8, 4) is 6.07 Å². The normalized spacial score (nSPS) is 10.8. The fourth-order valence-corrected chi connectivity index (χ4v) is 3.67. The molecule has 0 atom stereocenters. The molecule has 0 saturated carbocycles. The van der Waals surface area contributed by atoms with Gasteiger partial charge in [0.1, 0.15) is 15.2 Å². The molecule has 2 aromatic rings. The Morgan fingerprint density at radius 3 is 2.55 bits per heavy atom. The molecule has 0 spiro atoms. The lowest BCUT2D eigenvalue weighted by Gasteiger charge is -2.07. The van der Waals surface area contributed by atoms with Crippen molar-refractivity contribution in [3.63, 3.8) is 0 Å². The first-order chi connectivity index (χ1) is 9.44. The van der Waals surface area contributed by atoms with Crippen LogP contribution in [0.15, 0.2) is 40.6 Å². The van der Waals surface area contributed by atoms with Crippen LogP contribution in [0.2, 0.25) is 0 Å². The highest BCUT2D eigenvalue weighted by Gasteiger charge is 2.20. The van der Waals surface area contributed by atoms with E-state index in [1.807, 2.05) is 6.07 Å². The summed E-state index contributed by atoms with van der Waals surface area (Å²) in [7, 11) is -3.90. The molecule has 0 aliphatic carbocycles. The minimum Gasteiger partial charge on any atom is -0.477 e. The zero-order valence-corrected chi connectivity index (χ0v) is 11.5. The average Bonchev–Trinajstić information content (AvgIpc) is 2.89. The number of benzene rings is 1. The molecule has 0 aliphatic heterocycles. The van der Waals surface area contributed by atoms with E-state index in [1.54, 1.807) is 12.1 Å². The van der Waals surface area contributed by atoms with Crippen LogP contribution in [0.25, 0.3) is 0 Å². The number of nitrogens with one attached hydrogen (secondary N) is 1. The summed E-state index contributed by atoms with van der Waals surface area (Å²) < 4.78 is 26.4. The molecule has 2 N–H and O–H groups in total. The number of carboxylic acids is 1. The van der Waals surface area contributed by atoms with E-state index in [4.69, 9.17) is 10.4 Å². The summed E-state index contributed by atoms with van der Waals surface area (Å²) in [6, 6.07) is 10.5. The Morgan fingerprint density at radius 2 is 1.95 bits per heavy atom. The van der Waals surface area contributed by atoms with Crippen LogP contribution in [0.1, 0.15) is 15.2 Å². The lowest BCUT2D eigenvalue weighted by molar-refractivity contribution is 0.0702. The summed E-state index contributed by atoms with van der Waals surface area (Å²) in [6.45, 7) is 0. The van der Waals surface area contributed by atoms with Crippen molar-refractivity contribution in [2.75, 3.05) is 4.72 Å². The zero-order chi connectivity index (χ0) is 14.8. The van der Waals surface area contributed by atoms with Gasteiger partial charge in [-0.1, -0.05) is 12.1 Å². The molecule has 0 radical (unpaired) electrons. The third-order valence-electron chi connectivity index (χ3n) is 2.35. The molecule has 6 nitrogen and oxygen atoms in total. The minimum atomic E-state index is -3.90. The van der Waals surface area contributed by atoms with E-state index in [2.05, 4.69) is 4.72 Å². The van der Waals surface area contributed by atoms with Crippen LogP contribution >= 0.6 is 11.3 Å². The Morgan fingerprint density at radius 1 is 1.25 bits per heavy atom. The maximum absolute atomic E-state index is 12.1. The number of sulfonamides is 1. The van der Waals surface area contributed by atoms with Gasteiger partial charge in [-0.05, 0) is 24.3 Å². The standard InChI is InChI=1S/C12H8N2O4S2/c13-7-8-3-1-2-4-9(8)14-20(17,18)11-6-5-10(19-11)12(15)16/h1-6,14H,(H,15,16). The smallest absolute Gasteiger partial charge is 0.345 e. The second kappa shape index (κ2) is 5.32. The van der Waals surface area contributed by atoms with E-state index in [-0.39, 0.29) is 20.3 Å². The Labute approximate surface area is 119 Å². The van der Waals surface area contributed by atoms with Gasteiger partial charge in [0, 0.05) is 0 Å². The van der Waals surface area contributed by atoms with Gasteiger partial charge in [-0.3, -0.25) is 4.72 Å². The number of anilines is 1. The van der Waals surface area contributed by atoms with Crippen molar-refractivity contribution in [3.05, 3.63) is 46.8 Å². The number of para-hydroxylation sites is 1. The number of hydrogen-bond donors (Lipinski definition) is 2. The van der Waals surface area contributed by atoms with E-state index >= 15 is 0 Å². The molecule has 20 heavy (non-hydrogen) atoms. The maximum atomic E-state index is 12.1. The Balaban J connectivity index is 2.36. The average molecular weight is 308 g/mol. The number of nitrogens with zero attached hydrogens (tertiary/aromatic N) is 1. The fourth-order valence-electron chi connectivity index (χ4n) is 1.44. The monoisotopic (exact) mass is 308 g/mol. The molecule has 0 aliphatic rings. The van der Waals surface area contributed by atoms with Gasteiger partial charge in [-0.2, -0.15) is 5.26 Å².